The molecule has 0 atom stereocenters. The number of benzene rings is 4. The number of nitrogens with two attached hydrogens (primary N) is 2. The second-order valence-corrected chi connectivity index (χ2v) is 19.6. The van der Waals surface area contributed by atoms with E-state index >= 15 is 0 Å². The number of carbonyl (C=O) groups is 2. The molecular weight excluding hydrogens is 851 g/mol. The molecule has 68 heavy (non-hydrogen) atoms. The first-order chi connectivity index (χ1) is 32.3. The molecule has 342 valence electrons. The molecule has 6 N–H and O–H groups in total. The number of nitrogen functional groups attached to an aromatic ring is 2. The van der Waals surface area contributed by atoms with Crippen molar-refractivity contribution in [2.24, 2.45) is 0 Å². The Labute approximate surface area is 394 Å². The number of hydrogen-bond donors (Lipinski definition) is 4. The van der Waals surface area contributed by atoms with Crippen LogP contribution >= 0.6 is 0 Å². The molecule has 9 rings (SSSR count). The normalized spacial score (nSPS) is 12.1. The van der Waals surface area contributed by atoms with Crippen molar-refractivity contribution in [3.05, 3.63) is 145 Å². The smallest absolute Gasteiger partial charge is 0.257 e. The zero-order valence-corrected chi connectivity index (χ0v) is 39.3. The van der Waals surface area contributed by atoms with E-state index in [0.29, 0.717) is 46.1 Å². The van der Waals surface area contributed by atoms with Crippen LogP contribution in [-0.2, 0) is 17.5 Å². The number of nitrogens with one attached hydrogen (secondary N) is 2. The first-order valence-corrected chi connectivity index (χ1v) is 22.3. The Hall–Kier alpha value is -8.33. The van der Waals surface area contributed by atoms with Gasteiger partial charge in [0.2, 0.25) is 11.9 Å². The van der Waals surface area contributed by atoms with Crippen LogP contribution in [-0.4, -0.2) is 61.4 Å². The number of aromatic nitrogens is 9. The van der Waals surface area contributed by atoms with Gasteiger partial charge >= 0.3 is 0 Å². The van der Waals surface area contributed by atoms with Crippen LogP contribution < -0.4 is 22.1 Å². The second kappa shape index (κ2) is 17.1. The highest BCUT2D eigenvalue weighted by atomic mass is 16.2. The van der Waals surface area contributed by atoms with Crippen LogP contribution in [0, 0.1) is 0 Å². The molecule has 0 spiro atoms. The van der Waals surface area contributed by atoms with Gasteiger partial charge in [0.1, 0.15) is 17.5 Å². The molecule has 0 saturated carbocycles. The molecule has 0 bridgehead atoms. The lowest BCUT2D eigenvalue weighted by Crippen LogP contribution is -2.40. The maximum absolute atomic E-state index is 14.2. The van der Waals surface area contributed by atoms with Gasteiger partial charge < -0.3 is 31.2 Å². The van der Waals surface area contributed by atoms with E-state index in [1.165, 1.54) is 0 Å². The van der Waals surface area contributed by atoms with E-state index in [4.69, 9.17) is 26.4 Å². The Morgan fingerprint density at radius 3 is 1.51 bits per heavy atom. The molecule has 2 amide bonds. The van der Waals surface area contributed by atoms with Gasteiger partial charge in [0.05, 0.1) is 33.2 Å². The second-order valence-electron chi connectivity index (χ2n) is 19.6. The lowest BCUT2D eigenvalue weighted by molar-refractivity contribution is 0.0919. The Bertz CT molecular complexity index is 3360. The van der Waals surface area contributed by atoms with Crippen molar-refractivity contribution in [2.75, 3.05) is 16.8 Å². The minimum atomic E-state index is -0.600. The Balaban J connectivity index is 1.02. The molecule has 0 fully saturated rings. The Morgan fingerprint density at radius 2 is 1.03 bits per heavy atom. The zero-order valence-electron chi connectivity index (χ0n) is 39.3. The Kier molecular flexibility index (Phi) is 11.3. The molecule has 5 aromatic heterocycles. The first-order valence-electron chi connectivity index (χ1n) is 22.3. The van der Waals surface area contributed by atoms with Crippen LogP contribution in [0.3, 0.4) is 0 Å². The van der Waals surface area contributed by atoms with Gasteiger partial charge in [-0.25, -0.2) is 34.9 Å². The maximum Gasteiger partial charge on any atom is 0.257 e. The van der Waals surface area contributed by atoms with Gasteiger partial charge in [0.25, 0.3) is 11.8 Å². The lowest BCUT2D eigenvalue weighted by Gasteiger charge is -2.30. The molecular formula is C53H53N13O2. The molecule has 9 aromatic rings. The first kappa shape index (κ1) is 44.9. The summed E-state index contributed by atoms with van der Waals surface area (Å²) in [5, 5.41) is 6.17. The number of carbonyl (C=O) groups excluding carboxylic acids is 2. The summed E-state index contributed by atoms with van der Waals surface area (Å²) < 4.78 is 4.36. The van der Waals surface area contributed by atoms with Crippen LogP contribution in [0.2, 0.25) is 0 Å². The van der Waals surface area contributed by atoms with Crippen molar-refractivity contribution in [3.63, 3.8) is 0 Å². The van der Waals surface area contributed by atoms with Crippen molar-refractivity contribution in [1.29, 1.82) is 0 Å². The maximum atomic E-state index is 14.2. The minimum absolute atomic E-state index is 0.193. The number of fused-ring (bicyclic) bond motifs is 2. The summed E-state index contributed by atoms with van der Waals surface area (Å²) in [4.78, 5) is 59.9. The molecule has 0 aliphatic heterocycles. The summed E-state index contributed by atoms with van der Waals surface area (Å²) in [5.74, 6) is 1.59. The van der Waals surface area contributed by atoms with E-state index in [0.717, 1.165) is 49.9 Å². The van der Waals surface area contributed by atoms with E-state index < -0.39 is 11.1 Å². The SMILES string of the molecule is CC(C)(C)NC(=O)c1ccccc1-c1nc2cc(-c3cnc(N)nc3)ccc2n1C(C)(C)Cc1ccc(NC(=O)c2ccccc2-c2nc3cc(-c4cnc(N)nc4)ccc3n2C(C)(C)C)nc1. The lowest BCUT2D eigenvalue weighted by atomic mass is 9.94. The van der Waals surface area contributed by atoms with Crippen LogP contribution in [0.15, 0.2) is 128 Å². The number of rotatable bonds is 10. The van der Waals surface area contributed by atoms with E-state index in [1.54, 1.807) is 37.1 Å². The average Bonchev–Trinajstić information content (AvgIpc) is 3.89. The fourth-order valence-corrected chi connectivity index (χ4v) is 8.67. The molecule has 0 aliphatic carbocycles. The third-order valence-corrected chi connectivity index (χ3v) is 11.6. The molecule has 4 aromatic carbocycles. The van der Waals surface area contributed by atoms with Crippen molar-refractivity contribution in [2.45, 2.75) is 78.4 Å². The number of amides is 2. The van der Waals surface area contributed by atoms with Crippen LogP contribution in [0.4, 0.5) is 17.7 Å². The predicted octanol–water partition coefficient (Wildman–Crippen LogP) is 9.71. The van der Waals surface area contributed by atoms with E-state index in [-0.39, 0.29) is 29.2 Å². The van der Waals surface area contributed by atoms with Gasteiger partial charge in [-0.15, -0.1) is 0 Å². The molecule has 15 heteroatoms. The van der Waals surface area contributed by atoms with Crippen molar-refractivity contribution in [3.8, 4) is 45.0 Å². The van der Waals surface area contributed by atoms with Gasteiger partial charge in [-0.3, -0.25) is 9.59 Å². The topological polar surface area (TPSA) is 210 Å². The number of anilines is 3. The standard InChI is InChI=1S/C53H53N13O2/c1-51(2,3)64-48(68)39-16-12-10-14-37(39)46-62-41-24-33(35-29-59-50(55)60-30-35)19-21-43(41)66(46)53(7,8)25-31-17-22-44(56-26-31)63-47(67)38-15-11-9-13-36(38)45-61-40-23-32(34-27-57-49(54)58-28-34)18-20-42(40)65(45)52(4,5)6/h9-24,26-30H,25H2,1-8H3,(H,64,68)(H2,54,57,58)(H2,55,59,60)(H,56,63,67). The van der Waals surface area contributed by atoms with Gasteiger partial charge in [-0.1, -0.05) is 54.6 Å². The molecule has 5 heterocycles. The van der Waals surface area contributed by atoms with Crippen LogP contribution in [0.25, 0.3) is 67.1 Å². The quantitative estimate of drug-likeness (QED) is 0.101. The van der Waals surface area contributed by atoms with Crippen molar-refractivity contribution >= 4 is 51.6 Å². The van der Waals surface area contributed by atoms with E-state index in [9.17, 15) is 9.59 Å². The highest BCUT2D eigenvalue weighted by molar-refractivity contribution is 6.08. The molecule has 0 unspecified atom stereocenters. The monoisotopic (exact) mass is 903 g/mol. The average molecular weight is 904 g/mol. The van der Waals surface area contributed by atoms with Crippen molar-refractivity contribution in [1.82, 2.24) is 49.3 Å². The number of nitrogens with zero attached hydrogens (tertiary/aromatic N) is 9. The fraction of sp³-hybridized carbons (Fsp3) is 0.226. The summed E-state index contributed by atoms with van der Waals surface area (Å²) in [7, 11) is 0. The van der Waals surface area contributed by atoms with E-state index in [2.05, 4.69) is 74.3 Å². The third kappa shape index (κ3) is 8.97. The largest absolute Gasteiger partial charge is 0.368 e. The van der Waals surface area contributed by atoms with Crippen molar-refractivity contribution < 1.29 is 9.59 Å². The van der Waals surface area contributed by atoms with Gasteiger partial charge in [0, 0.05) is 69.9 Å². The molecule has 0 radical (unpaired) electrons. The fourth-order valence-electron chi connectivity index (χ4n) is 8.67. The third-order valence-electron chi connectivity index (χ3n) is 11.6. The van der Waals surface area contributed by atoms with Gasteiger partial charge in [0.15, 0.2) is 0 Å². The van der Waals surface area contributed by atoms with Gasteiger partial charge in [-0.05, 0) is 121 Å². The highest BCUT2D eigenvalue weighted by Gasteiger charge is 2.31. The summed E-state index contributed by atoms with van der Waals surface area (Å²) in [5.41, 5.74) is 20.1. The van der Waals surface area contributed by atoms with Gasteiger partial charge in [-0.2, -0.15) is 0 Å². The number of hydrogen-bond acceptors (Lipinski definition) is 11. The molecule has 15 nitrogen and oxygen atoms in total. The molecule has 0 aliphatic rings. The number of imidazole rings is 2. The highest BCUT2D eigenvalue weighted by Crippen LogP contribution is 2.38. The summed E-state index contributed by atoms with van der Waals surface area (Å²) in [6.45, 7) is 16.5. The summed E-state index contributed by atoms with van der Waals surface area (Å²) in [6.07, 6.45) is 9.09. The number of pyridine rings is 1. The molecule has 0 saturated heterocycles. The van der Waals surface area contributed by atoms with E-state index in [1.807, 2.05) is 112 Å². The predicted molar refractivity (Wildman–Crippen MR) is 269 cm³/mol. The minimum Gasteiger partial charge on any atom is -0.368 e. The summed E-state index contributed by atoms with van der Waals surface area (Å²) in [6, 6.07) is 30.9. The Morgan fingerprint density at radius 1 is 0.544 bits per heavy atom. The zero-order chi connectivity index (χ0) is 48.1. The van der Waals surface area contributed by atoms with Crippen LogP contribution in [0.1, 0.15) is 81.7 Å². The van der Waals surface area contributed by atoms with Crippen LogP contribution in [0.5, 0.6) is 0 Å². The summed E-state index contributed by atoms with van der Waals surface area (Å²) >= 11 is 0.